The molecule has 0 aromatic carbocycles. The van der Waals surface area contributed by atoms with Gasteiger partial charge in [-0.2, -0.15) is 0 Å². The summed E-state index contributed by atoms with van der Waals surface area (Å²) in [4.78, 5) is 26.8. The monoisotopic (exact) mass is 596 g/mol. The number of hydrogen-bond acceptors (Lipinski definition) is 7. The minimum Gasteiger partial charge on any atom is -0.459 e. The highest BCUT2D eigenvalue weighted by Crippen LogP contribution is 2.66. The lowest BCUT2D eigenvalue weighted by Crippen LogP contribution is -2.67. The van der Waals surface area contributed by atoms with Crippen LogP contribution in [0.3, 0.4) is 0 Å². The van der Waals surface area contributed by atoms with Gasteiger partial charge in [-0.15, -0.1) is 0 Å². The van der Waals surface area contributed by atoms with Crippen molar-refractivity contribution >= 4 is 11.9 Å². The highest BCUT2D eigenvalue weighted by atomic mass is 16.6. The molecule has 0 aromatic heterocycles. The molecule has 0 amide bonds. The topological polar surface area (TPSA) is 113 Å². The summed E-state index contributed by atoms with van der Waals surface area (Å²) in [7, 11) is 0. The van der Waals surface area contributed by atoms with E-state index in [0.29, 0.717) is 69.6 Å². The predicted octanol–water partition coefficient (Wildman–Crippen LogP) is 6.98. The van der Waals surface area contributed by atoms with E-state index >= 15 is 0 Å². The molecular weight excluding hydrogens is 532 g/mol. The van der Waals surface area contributed by atoms with Gasteiger partial charge in [0.15, 0.2) is 0 Å². The van der Waals surface area contributed by atoms with E-state index in [-0.39, 0.29) is 53.0 Å². The molecular formula is C35H64O7. The van der Waals surface area contributed by atoms with Crippen LogP contribution in [0, 0.1) is 35.0 Å². The van der Waals surface area contributed by atoms with Crippen LogP contribution in [-0.2, 0) is 19.1 Å². The lowest BCUT2D eigenvalue weighted by atomic mass is 9.44. The van der Waals surface area contributed by atoms with Crippen LogP contribution in [0.5, 0.6) is 0 Å². The molecule has 6 unspecified atom stereocenters. The van der Waals surface area contributed by atoms with Crippen molar-refractivity contribution in [2.45, 2.75) is 175 Å². The van der Waals surface area contributed by atoms with Crippen molar-refractivity contribution in [3.63, 3.8) is 0 Å². The summed E-state index contributed by atoms with van der Waals surface area (Å²) >= 11 is 0. The smallest absolute Gasteiger partial charge is 0.309 e. The Morgan fingerprint density at radius 3 is 1.76 bits per heavy atom. The summed E-state index contributed by atoms with van der Waals surface area (Å²) in [6.07, 6.45) is 9.76. The maximum atomic E-state index is 13.5. The first-order chi connectivity index (χ1) is 17.6. The number of ether oxygens (including phenoxy) is 2. The standard InChI is InChI=1S/C31H48O7.4CH4/c1-5-23(25(33)37-26(3,4)27-8-20-7-21(9-27)11-28(34,10-20)15-27)6-19(2)24(32)38-31-14-22-12-29(35,17-31)16-30(36,13-22)18-31;;;;/h19-23,34-36H,5-18H2,1-4H3;4*1H4. The fourth-order valence-corrected chi connectivity index (χ4v) is 11.0. The zero-order valence-electron chi connectivity index (χ0n) is 23.8. The normalized spacial score (nSPS) is 43.5. The number of esters is 2. The van der Waals surface area contributed by atoms with Crippen molar-refractivity contribution < 1.29 is 34.4 Å². The molecule has 7 nitrogen and oxygen atoms in total. The molecule has 0 spiro atoms. The maximum Gasteiger partial charge on any atom is 0.309 e. The molecule has 8 saturated carbocycles. The molecule has 0 saturated heterocycles. The van der Waals surface area contributed by atoms with E-state index in [2.05, 4.69) is 0 Å². The van der Waals surface area contributed by atoms with Gasteiger partial charge >= 0.3 is 11.9 Å². The number of aliphatic hydroxyl groups is 3. The van der Waals surface area contributed by atoms with Crippen molar-refractivity contribution in [3.05, 3.63) is 0 Å². The van der Waals surface area contributed by atoms with Gasteiger partial charge < -0.3 is 24.8 Å². The molecule has 42 heavy (non-hydrogen) atoms. The second kappa shape index (κ2) is 11.6. The minimum atomic E-state index is -0.955. The molecule has 8 aliphatic carbocycles. The van der Waals surface area contributed by atoms with Gasteiger partial charge in [0.2, 0.25) is 0 Å². The number of hydrogen-bond donors (Lipinski definition) is 3. The van der Waals surface area contributed by atoms with Crippen molar-refractivity contribution in [3.8, 4) is 0 Å². The fraction of sp³-hybridized carbons (Fsp3) is 0.943. The highest BCUT2D eigenvalue weighted by molar-refractivity contribution is 5.76. The minimum absolute atomic E-state index is 0. The van der Waals surface area contributed by atoms with Gasteiger partial charge in [0.25, 0.3) is 0 Å². The Kier molecular flexibility index (Phi) is 10.3. The molecule has 8 aliphatic rings. The van der Waals surface area contributed by atoms with Gasteiger partial charge in [0, 0.05) is 24.7 Å². The number of carbonyl (C=O) groups is 2. The van der Waals surface area contributed by atoms with Crippen LogP contribution in [-0.4, -0.2) is 55.3 Å². The third-order valence-electron chi connectivity index (χ3n) is 11.8. The highest BCUT2D eigenvalue weighted by Gasteiger charge is 2.65. The summed E-state index contributed by atoms with van der Waals surface area (Å²) in [6, 6.07) is 0. The molecule has 3 N–H and O–H groups in total. The molecule has 0 radical (unpaired) electrons. The first kappa shape index (κ1) is 37.0. The van der Waals surface area contributed by atoms with E-state index in [1.54, 1.807) is 0 Å². The summed E-state index contributed by atoms with van der Waals surface area (Å²) < 4.78 is 12.4. The van der Waals surface area contributed by atoms with E-state index in [9.17, 15) is 24.9 Å². The Morgan fingerprint density at radius 1 is 0.762 bits per heavy atom. The summed E-state index contributed by atoms with van der Waals surface area (Å²) in [6.45, 7) is 7.80. The molecule has 7 heteroatoms. The molecule has 8 fully saturated rings. The Morgan fingerprint density at radius 2 is 1.29 bits per heavy atom. The van der Waals surface area contributed by atoms with Crippen molar-refractivity contribution in [2.75, 3.05) is 0 Å². The van der Waals surface area contributed by atoms with E-state index in [1.807, 2.05) is 27.7 Å². The Balaban J connectivity index is 0.00000154. The summed E-state index contributed by atoms with van der Waals surface area (Å²) in [5, 5.41) is 33.3. The summed E-state index contributed by atoms with van der Waals surface area (Å²) in [5.74, 6) is -0.334. The first-order valence-electron chi connectivity index (χ1n) is 15.2. The van der Waals surface area contributed by atoms with Gasteiger partial charge in [0.1, 0.15) is 11.2 Å². The third-order valence-corrected chi connectivity index (χ3v) is 11.8. The quantitative estimate of drug-likeness (QED) is 0.259. The maximum absolute atomic E-state index is 13.5. The van der Waals surface area contributed by atoms with E-state index in [4.69, 9.17) is 9.47 Å². The second-order valence-electron chi connectivity index (χ2n) is 15.7. The van der Waals surface area contributed by atoms with Gasteiger partial charge in [-0.05, 0) is 102 Å². The number of rotatable bonds is 8. The largest absolute Gasteiger partial charge is 0.459 e. The fourth-order valence-electron chi connectivity index (χ4n) is 11.0. The van der Waals surface area contributed by atoms with Crippen molar-refractivity contribution in [2.24, 2.45) is 35.0 Å². The van der Waals surface area contributed by atoms with Crippen LogP contribution in [0.2, 0.25) is 0 Å². The lowest BCUT2D eigenvalue weighted by Gasteiger charge is -2.64. The zero-order chi connectivity index (χ0) is 27.4. The average Bonchev–Trinajstić information content (AvgIpc) is 2.72. The van der Waals surface area contributed by atoms with Crippen LogP contribution >= 0.6 is 0 Å². The first-order valence-corrected chi connectivity index (χ1v) is 15.2. The van der Waals surface area contributed by atoms with E-state index in [1.165, 1.54) is 6.42 Å². The van der Waals surface area contributed by atoms with E-state index < -0.39 is 39.8 Å². The third kappa shape index (κ3) is 6.18. The Hall–Kier alpha value is -1.18. The van der Waals surface area contributed by atoms with Crippen LogP contribution in [0.25, 0.3) is 0 Å². The van der Waals surface area contributed by atoms with Crippen LogP contribution in [0.1, 0.15) is 147 Å². The molecule has 8 rings (SSSR count). The van der Waals surface area contributed by atoms with E-state index in [0.717, 1.165) is 25.7 Å². The second-order valence-corrected chi connectivity index (χ2v) is 15.7. The predicted molar refractivity (Wildman–Crippen MR) is 167 cm³/mol. The van der Waals surface area contributed by atoms with Crippen LogP contribution in [0.4, 0.5) is 0 Å². The van der Waals surface area contributed by atoms with Gasteiger partial charge in [-0.1, -0.05) is 43.6 Å². The SMILES string of the molecule is C.C.C.C.CCC(CC(C)C(=O)OC12CC3CC(O)(CC(O)(C3)C1)C2)C(=O)OC(C)(C)C12CC3CC(CC(O)(C3)C1)C2. The Bertz CT molecular complexity index is 971. The molecule has 0 aromatic rings. The molecule has 6 atom stereocenters. The van der Waals surface area contributed by atoms with Crippen LogP contribution in [0.15, 0.2) is 0 Å². The van der Waals surface area contributed by atoms with Gasteiger partial charge in [-0.25, -0.2) is 0 Å². The van der Waals surface area contributed by atoms with Crippen LogP contribution < -0.4 is 0 Å². The number of carbonyl (C=O) groups excluding carboxylic acids is 2. The molecule has 0 aliphatic heterocycles. The van der Waals surface area contributed by atoms with Crippen molar-refractivity contribution in [1.29, 1.82) is 0 Å². The van der Waals surface area contributed by atoms with Gasteiger partial charge in [0.05, 0.1) is 28.6 Å². The molecule has 246 valence electrons. The lowest BCUT2D eigenvalue weighted by molar-refractivity contribution is -0.262. The van der Waals surface area contributed by atoms with Gasteiger partial charge in [-0.3, -0.25) is 9.59 Å². The zero-order valence-corrected chi connectivity index (χ0v) is 23.8. The Labute approximate surface area is 256 Å². The molecule has 0 heterocycles. The average molecular weight is 597 g/mol. The summed E-state index contributed by atoms with van der Waals surface area (Å²) in [5.41, 5.74) is -4.21. The molecule has 8 bridgehead atoms. The van der Waals surface area contributed by atoms with Crippen molar-refractivity contribution in [1.82, 2.24) is 0 Å².